The van der Waals surface area contributed by atoms with Crippen molar-refractivity contribution >= 4 is 5.97 Å². The maximum atomic E-state index is 10.9. The molecule has 2 heterocycles. The number of nitrogens with zero attached hydrogens (tertiary/aromatic N) is 2. The van der Waals surface area contributed by atoms with Crippen LogP contribution in [0.5, 0.6) is 0 Å². The molecule has 1 atom stereocenters. The second kappa shape index (κ2) is 5.80. The second-order valence-electron chi connectivity index (χ2n) is 5.28. The van der Waals surface area contributed by atoms with Crippen molar-refractivity contribution in [2.24, 2.45) is 5.92 Å². The molecule has 2 fully saturated rings. The smallest absolute Gasteiger partial charge is 0.317 e. The van der Waals surface area contributed by atoms with Crippen LogP contribution in [0.4, 0.5) is 0 Å². The summed E-state index contributed by atoms with van der Waals surface area (Å²) in [6.45, 7) is 5.20. The highest BCUT2D eigenvalue weighted by atomic mass is 16.4. The van der Waals surface area contributed by atoms with E-state index in [0.717, 1.165) is 32.7 Å². The van der Waals surface area contributed by atoms with Crippen molar-refractivity contribution in [2.75, 3.05) is 46.3 Å². The van der Waals surface area contributed by atoms with Gasteiger partial charge in [0, 0.05) is 25.7 Å². The summed E-state index contributed by atoms with van der Waals surface area (Å²) in [7, 11) is 2.16. The van der Waals surface area contributed by atoms with Gasteiger partial charge in [-0.1, -0.05) is 0 Å². The zero-order valence-corrected chi connectivity index (χ0v) is 10.6. The van der Waals surface area contributed by atoms with Gasteiger partial charge >= 0.3 is 5.97 Å². The fourth-order valence-electron chi connectivity index (χ4n) is 3.02. The lowest BCUT2D eigenvalue weighted by Gasteiger charge is -2.42. The van der Waals surface area contributed by atoms with Gasteiger partial charge in [0.05, 0.1) is 6.54 Å². The molecular weight excluding hydrogens is 218 g/mol. The van der Waals surface area contributed by atoms with Gasteiger partial charge in [0.2, 0.25) is 0 Å². The van der Waals surface area contributed by atoms with Gasteiger partial charge in [-0.3, -0.25) is 9.69 Å². The third-order valence-electron chi connectivity index (χ3n) is 4.04. The number of carboxylic acids is 1. The molecule has 0 radical (unpaired) electrons. The van der Waals surface area contributed by atoms with Gasteiger partial charge in [0.15, 0.2) is 0 Å². The molecule has 0 amide bonds. The largest absolute Gasteiger partial charge is 0.480 e. The van der Waals surface area contributed by atoms with Crippen LogP contribution in [0.2, 0.25) is 0 Å². The first kappa shape index (κ1) is 12.8. The molecule has 5 heteroatoms. The summed E-state index contributed by atoms with van der Waals surface area (Å²) in [6.07, 6.45) is 2.39. The Balaban J connectivity index is 1.93. The van der Waals surface area contributed by atoms with Gasteiger partial charge < -0.3 is 15.3 Å². The van der Waals surface area contributed by atoms with Crippen molar-refractivity contribution in [3.63, 3.8) is 0 Å². The highest BCUT2D eigenvalue weighted by molar-refractivity contribution is 5.69. The molecular formula is C12H23N3O2. The highest BCUT2D eigenvalue weighted by Gasteiger charge is 2.32. The molecule has 0 saturated carbocycles. The van der Waals surface area contributed by atoms with Crippen LogP contribution in [-0.4, -0.2) is 73.2 Å². The highest BCUT2D eigenvalue weighted by Crippen LogP contribution is 2.24. The standard InChI is InChI=1S/C12H23N3O2/c1-14-5-2-10(3-6-14)11-8-13-4-7-15(11)9-12(16)17/h10-11,13H,2-9H2,1H3,(H,16,17). The summed E-state index contributed by atoms with van der Waals surface area (Å²) in [4.78, 5) is 15.4. The fraction of sp³-hybridized carbons (Fsp3) is 0.917. The van der Waals surface area contributed by atoms with Gasteiger partial charge in [-0.05, 0) is 38.9 Å². The number of rotatable bonds is 3. The third kappa shape index (κ3) is 3.40. The van der Waals surface area contributed by atoms with Crippen molar-refractivity contribution in [3.8, 4) is 0 Å². The molecule has 0 bridgehead atoms. The number of nitrogens with one attached hydrogen (secondary N) is 1. The number of carbonyl (C=O) groups is 1. The Hall–Kier alpha value is -0.650. The molecule has 2 rings (SSSR count). The van der Waals surface area contributed by atoms with Crippen LogP contribution in [0.25, 0.3) is 0 Å². The van der Waals surface area contributed by atoms with Crippen LogP contribution in [0.15, 0.2) is 0 Å². The van der Waals surface area contributed by atoms with E-state index in [1.165, 1.54) is 12.8 Å². The lowest BCUT2D eigenvalue weighted by atomic mass is 9.87. The van der Waals surface area contributed by atoms with Crippen molar-refractivity contribution in [2.45, 2.75) is 18.9 Å². The van der Waals surface area contributed by atoms with Crippen LogP contribution in [-0.2, 0) is 4.79 Å². The lowest BCUT2D eigenvalue weighted by molar-refractivity contribution is -0.139. The zero-order chi connectivity index (χ0) is 12.3. The molecule has 0 aromatic rings. The van der Waals surface area contributed by atoms with E-state index >= 15 is 0 Å². The van der Waals surface area contributed by atoms with Gasteiger partial charge in [0.25, 0.3) is 0 Å². The number of piperidine rings is 1. The van der Waals surface area contributed by atoms with E-state index in [9.17, 15) is 4.79 Å². The molecule has 2 N–H and O–H groups in total. The minimum Gasteiger partial charge on any atom is -0.480 e. The number of hydrogen-bond acceptors (Lipinski definition) is 4. The van der Waals surface area contributed by atoms with Gasteiger partial charge in [-0.2, -0.15) is 0 Å². The van der Waals surface area contributed by atoms with E-state index in [4.69, 9.17) is 5.11 Å². The number of carboxylic acid groups (broad SMARTS) is 1. The van der Waals surface area contributed by atoms with Crippen LogP contribution >= 0.6 is 0 Å². The number of piperazine rings is 1. The van der Waals surface area contributed by atoms with Crippen molar-refractivity contribution in [3.05, 3.63) is 0 Å². The predicted octanol–water partition coefficient (Wildman–Crippen LogP) is -0.313. The first-order valence-corrected chi connectivity index (χ1v) is 6.52. The molecule has 98 valence electrons. The molecule has 17 heavy (non-hydrogen) atoms. The Morgan fingerprint density at radius 2 is 2.06 bits per heavy atom. The summed E-state index contributed by atoms with van der Waals surface area (Å²) < 4.78 is 0. The first-order chi connectivity index (χ1) is 8.16. The van der Waals surface area contributed by atoms with Gasteiger partial charge in [-0.25, -0.2) is 0 Å². The monoisotopic (exact) mass is 241 g/mol. The normalized spacial score (nSPS) is 29.4. The average molecular weight is 241 g/mol. The van der Waals surface area contributed by atoms with E-state index in [1.54, 1.807) is 0 Å². The molecule has 0 aliphatic carbocycles. The Bertz CT molecular complexity index is 264. The summed E-state index contributed by atoms with van der Waals surface area (Å²) in [5, 5.41) is 12.4. The topological polar surface area (TPSA) is 55.8 Å². The van der Waals surface area contributed by atoms with Gasteiger partial charge in [-0.15, -0.1) is 0 Å². The van der Waals surface area contributed by atoms with E-state index in [1.807, 2.05) is 0 Å². The van der Waals surface area contributed by atoms with Gasteiger partial charge in [0.1, 0.15) is 0 Å². The van der Waals surface area contributed by atoms with Crippen LogP contribution < -0.4 is 5.32 Å². The average Bonchev–Trinajstić information content (AvgIpc) is 2.30. The van der Waals surface area contributed by atoms with Crippen LogP contribution in [0.1, 0.15) is 12.8 Å². The zero-order valence-electron chi connectivity index (χ0n) is 10.6. The van der Waals surface area contributed by atoms with E-state index in [2.05, 4.69) is 22.2 Å². The Labute approximate surface area is 103 Å². The number of aliphatic carboxylic acids is 1. The molecule has 0 aromatic carbocycles. The maximum Gasteiger partial charge on any atom is 0.317 e. The summed E-state index contributed by atoms with van der Waals surface area (Å²) in [5.41, 5.74) is 0. The summed E-state index contributed by atoms with van der Waals surface area (Å²) >= 11 is 0. The fourth-order valence-corrected chi connectivity index (χ4v) is 3.02. The summed E-state index contributed by atoms with van der Waals surface area (Å²) in [5.74, 6) is -0.0526. The number of likely N-dealkylation sites (tertiary alicyclic amines) is 1. The quantitative estimate of drug-likeness (QED) is 0.710. The minimum atomic E-state index is -0.704. The van der Waals surface area contributed by atoms with Crippen LogP contribution in [0.3, 0.4) is 0 Å². The minimum absolute atomic E-state index is 0.193. The molecule has 2 aliphatic heterocycles. The molecule has 0 spiro atoms. The Kier molecular flexibility index (Phi) is 4.36. The first-order valence-electron chi connectivity index (χ1n) is 6.52. The lowest BCUT2D eigenvalue weighted by Crippen LogP contribution is -2.57. The molecule has 1 unspecified atom stereocenters. The molecule has 5 nitrogen and oxygen atoms in total. The number of hydrogen-bond donors (Lipinski definition) is 2. The predicted molar refractivity (Wildman–Crippen MR) is 66.1 cm³/mol. The van der Waals surface area contributed by atoms with E-state index in [-0.39, 0.29) is 6.54 Å². The third-order valence-corrected chi connectivity index (χ3v) is 4.04. The van der Waals surface area contributed by atoms with Crippen molar-refractivity contribution < 1.29 is 9.90 Å². The Morgan fingerprint density at radius 3 is 2.71 bits per heavy atom. The molecule has 0 aromatic heterocycles. The van der Waals surface area contributed by atoms with E-state index < -0.39 is 5.97 Å². The van der Waals surface area contributed by atoms with Crippen LogP contribution in [0, 0.1) is 5.92 Å². The SMILES string of the molecule is CN1CCC(C2CNCCN2CC(=O)O)CC1. The molecule has 2 saturated heterocycles. The second-order valence-corrected chi connectivity index (χ2v) is 5.28. The maximum absolute atomic E-state index is 10.9. The summed E-state index contributed by atoms with van der Waals surface area (Å²) in [6, 6.07) is 0.411. The van der Waals surface area contributed by atoms with Crippen molar-refractivity contribution in [1.29, 1.82) is 0 Å². The van der Waals surface area contributed by atoms with Crippen molar-refractivity contribution in [1.82, 2.24) is 15.1 Å². The van der Waals surface area contributed by atoms with E-state index in [0.29, 0.717) is 12.0 Å². The molecule has 2 aliphatic rings. The Morgan fingerprint density at radius 1 is 1.35 bits per heavy atom.